The zero-order valence-corrected chi connectivity index (χ0v) is 18.3. The third kappa shape index (κ3) is 9.56. The molecule has 0 aliphatic rings. The van der Waals surface area contributed by atoms with Crippen LogP contribution < -0.4 is 16.2 Å². The Kier molecular flexibility index (Phi) is 12.3. The first-order valence-electron chi connectivity index (χ1n) is 8.21. The summed E-state index contributed by atoms with van der Waals surface area (Å²) in [4.78, 5) is 16.2. The largest absolute Gasteiger partial charge is 0.357 e. The summed E-state index contributed by atoms with van der Waals surface area (Å²) in [7, 11) is 0. The van der Waals surface area contributed by atoms with Gasteiger partial charge in [-0.2, -0.15) is 11.8 Å². The van der Waals surface area contributed by atoms with Crippen LogP contribution in [0.3, 0.4) is 0 Å². The van der Waals surface area contributed by atoms with Crippen molar-refractivity contribution in [3.05, 3.63) is 34.7 Å². The van der Waals surface area contributed by atoms with Crippen LogP contribution in [0.5, 0.6) is 0 Å². The molecule has 0 spiro atoms. The molecule has 0 saturated carbocycles. The van der Waals surface area contributed by atoms with Gasteiger partial charge >= 0.3 is 0 Å². The molecule has 0 unspecified atom stereocenters. The van der Waals surface area contributed by atoms with Crippen LogP contribution >= 0.6 is 35.7 Å². The molecule has 7 heteroatoms. The summed E-state index contributed by atoms with van der Waals surface area (Å²) in [5, 5.41) is 6.63. The summed E-state index contributed by atoms with van der Waals surface area (Å²) < 4.78 is 1.90. The van der Waals surface area contributed by atoms with Gasteiger partial charge in [0.25, 0.3) is 0 Å². The number of aromatic nitrogens is 1. The van der Waals surface area contributed by atoms with E-state index in [1.165, 1.54) is 0 Å². The highest BCUT2D eigenvalue weighted by Crippen LogP contribution is 2.20. The Hall–Kier alpha value is -0.700. The molecule has 0 fully saturated rings. The summed E-state index contributed by atoms with van der Waals surface area (Å²) in [6.07, 6.45) is 5.91. The fraction of sp³-hybridized carbons (Fsp3) is 0.647. The van der Waals surface area contributed by atoms with Crippen molar-refractivity contribution in [3.8, 4) is 0 Å². The molecule has 5 nitrogen and oxygen atoms in total. The number of hydrogen-bond donors (Lipinski definition) is 2. The highest BCUT2D eigenvalue weighted by molar-refractivity contribution is 14.0. The van der Waals surface area contributed by atoms with Gasteiger partial charge in [0.05, 0.1) is 6.54 Å². The molecule has 138 valence electrons. The van der Waals surface area contributed by atoms with Gasteiger partial charge < -0.3 is 15.2 Å². The Morgan fingerprint density at radius 1 is 1.29 bits per heavy atom. The van der Waals surface area contributed by atoms with Gasteiger partial charge in [0.1, 0.15) is 0 Å². The molecule has 0 bridgehead atoms. The van der Waals surface area contributed by atoms with Crippen molar-refractivity contribution in [2.24, 2.45) is 4.99 Å². The highest BCUT2D eigenvalue weighted by Gasteiger charge is 2.15. The monoisotopic (exact) mass is 466 g/mol. The number of nitrogens with zero attached hydrogens (tertiary/aromatic N) is 2. The van der Waals surface area contributed by atoms with Crippen LogP contribution in [0.25, 0.3) is 0 Å². The zero-order valence-electron chi connectivity index (χ0n) is 15.2. The second-order valence-electron chi connectivity index (χ2n) is 6.03. The van der Waals surface area contributed by atoms with Gasteiger partial charge in [-0.3, -0.25) is 9.79 Å². The first kappa shape index (κ1) is 23.3. The first-order chi connectivity index (χ1) is 11.0. The number of rotatable bonds is 9. The molecular weight excluding hydrogens is 435 g/mol. The minimum absolute atomic E-state index is 0. The van der Waals surface area contributed by atoms with Crippen molar-refractivity contribution in [1.29, 1.82) is 0 Å². The van der Waals surface area contributed by atoms with Gasteiger partial charge in [-0.25, -0.2) is 0 Å². The second-order valence-corrected chi connectivity index (χ2v) is 7.54. The first-order valence-corrected chi connectivity index (χ1v) is 9.44. The van der Waals surface area contributed by atoms with E-state index in [2.05, 4.69) is 42.7 Å². The summed E-state index contributed by atoms with van der Waals surface area (Å²) >= 11 is 1.82. The van der Waals surface area contributed by atoms with E-state index >= 15 is 0 Å². The maximum Gasteiger partial charge on any atom is 0.250 e. The molecule has 0 atom stereocenters. The van der Waals surface area contributed by atoms with E-state index in [-0.39, 0.29) is 34.3 Å². The standard InChI is InChI=1S/C17H30N4OS.HI/c1-5-18-16(20-14-17(2,3)23-4)19-11-7-9-13-21-12-8-6-10-15(21)22;/h6,8,10,12H,5,7,9,11,13-14H2,1-4H3,(H2,18,19,20);1H. The quantitative estimate of drug-likeness (QED) is 0.254. The van der Waals surface area contributed by atoms with Crippen molar-refractivity contribution >= 4 is 41.7 Å². The van der Waals surface area contributed by atoms with Crippen molar-refractivity contribution in [3.63, 3.8) is 0 Å². The Labute approximate surface area is 167 Å². The van der Waals surface area contributed by atoms with Gasteiger partial charge in [0, 0.05) is 36.6 Å². The van der Waals surface area contributed by atoms with E-state index in [4.69, 9.17) is 0 Å². The third-order valence-electron chi connectivity index (χ3n) is 3.53. The maximum absolute atomic E-state index is 11.6. The predicted molar refractivity (Wildman–Crippen MR) is 117 cm³/mol. The molecule has 24 heavy (non-hydrogen) atoms. The molecule has 1 rings (SSSR count). The molecule has 0 amide bonds. The van der Waals surface area contributed by atoms with Crippen LogP contribution in [0.2, 0.25) is 0 Å². The lowest BCUT2D eigenvalue weighted by molar-refractivity contribution is 0.585. The van der Waals surface area contributed by atoms with Gasteiger partial charge in [-0.05, 0) is 45.9 Å². The number of halogens is 1. The minimum Gasteiger partial charge on any atom is -0.357 e. The summed E-state index contributed by atoms with van der Waals surface area (Å²) in [5.41, 5.74) is 0.0645. The molecule has 0 saturated heterocycles. The third-order valence-corrected chi connectivity index (χ3v) is 4.77. The Morgan fingerprint density at radius 3 is 2.67 bits per heavy atom. The number of aryl methyl sites for hydroxylation is 1. The average molecular weight is 466 g/mol. The van der Waals surface area contributed by atoms with Crippen LogP contribution in [0.1, 0.15) is 33.6 Å². The van der Waals surface area contributed by atoms with Gasteiger partial charge in [0.2, 0.25) is 5.56 Å². The van der Waals surface area contributed by atoms with Crippen LogP contribution in [0, 0.1) is 0 Å². The molecule has 2 N–H and O–H groups in total. The van der Waals surface area contributed by atoms with Gasteiger partial charge in [0.15, 0.2) is 5.96 Å². The Morgan fingerprint density at radius 2 is 2.04 bits per heavy atom. The van der Waals surface area contributed by atoms with E-state index in [0.717, 1.165) is 45.0 Å². The van der Waals surface area contributed by atoms with E-state index in [1.54, 1.807) is 16.7 Å². The van der Waals surface area contributed by atoms with Crippen molar-refractivity contribution < 1.29 is 0 Å². The van der Waals surface area contributed by atoms with Crippen molar-refractivity contribution in [2.75, 3.05) is 25.9 Å². The predicted octanol–water partition coefficient (Wildman–Crippen LogP) is 2.94. The molecule has 1 aromatic heterocycles. The maximum atomic E-state index is 11.6. The topological polar surface area (TPSA) is 58.4 Å². The molecule has 0 aliphatic carbocycles. The molecule has 0 radical (unpaired) electrons. The SMILES string of the molecule is CCNC(=NCC(C)(C)SC)NCCCCn1ccccc1=O.I. The number of aliphatic imine (C=N–C) groups is 1. The molecular formula is C17H31IN4OS. The van der Waals surface area contributed by atoms with Crippen LogP contribution in [-0.4, -0.2) is 41.2 Å². The highest BCUT2D eigenvalue weighted by atomic mass is 127. The van der Waals surface area contributed by atoms with E-state index in [9.17, 15) is 4.79 Å². The van der Waals surface area contributed by atoms with Crippen molar-refractivity contribution in [1.82, 2.24) is 15.2 Å². The lowest BCUT2D eigenvalue weighted by Gasteiger charge is -2.20. The lowest BCUT2D eigenvalue weighted by Crippen LogP contribution is -2.39. The molecule has 0 aromatic carbocycles. The van der Waals surface area contributed by atoms with Crippen LogP contribution in [-0.2, 0) is 6.54 Å². The number of thioether (sulfide) groups is 1. The number of nitrogens with one attached hydrogen (secondary N) is 2. The fourth-order valence-corrected chi connectivity index (χ4v) is 2.13. The fourth-order valence-electron chi connectivity index (χ4n) is 1.94. The molecule has 1 aromatic rings. The Bertz CT molecular complexity index is 545. The number of guanidine groups is 1. The minimum atomic E-state index is 0. The molecule has 0 aliphatic heterocycles. The van der Waals surface area contributed by atoms with E-state index in [0.29, 0.717) is 0 Å². The van der Waals surface area contributed by atoms with Crippen molar-refractivity contribution in [2.45, 2.75) is 44.9 Å². The lowest BCUT2D eigenvalue weighted by atomic mass is 10.2. The van der Waals surface area contributed by atoms with E-state index < -0.39 is 0 Å². The average Bonchev–Trinajstić information content (AvgIpc) is 2.54. The summed E-state index contributed by atoms with van der Waals surface area (Å²) in [6.45, 7) is 9.71. The number of pyridine rings is 1. The molecule has 1 heterocycles. The smallest absolute Gasteiger partial charge is 0.250 e. The summed E-state index contributed by atoms with van der Waals surface area (Å²) in [6, 6.07) is 5.26. The van der Waals surface area contributed by atoms with E-state index in [1.807, 2.05) is 24.0 Å². The Balaban J connectivity index is 0.00000529. The number of unbranched alkanes of at least 4 members (excludes halogenated alkanes) is 1. The number of hydrogen-bond acceptors (Lipinski definition) is 3. The van der Waals surface area contributed by atoms with Crippen LogP contribution in [0.15, 0.2) is 34.2 Å². The zero-order chi connectivity index (χ0) is 17.1. The normalized spacial score (nSPS) is 11.8. The van der Waals surface area contributed by atoms with Gasteiger partial charge in [-0.1, -0.05) is 6.07 Å². The van der Waals surface area contributed by atoms with Gasteiger partial charge in [-0.15, -0.1) is 24.0 Å². The van der Waals surface area contributed by atoms with Crippen LogP contribution in [0.4, 0.5) is 0 Å². The summed E-state index contributed by atoms with van der Waals surface area (Å²) in [5.74, 6) is 0.867. The second kappa shape index (κ2) is 12.6.